The maximum absolute atomic E-state index is 5.02. The van der Waals surface area contributed by atoms with Crippen molar-refractivity contribution < 1.29 is 8.85 Å². The van der Waals surface area contributed by atoms with Crippen LogP contribution in [0.5, 0.6) is 0 Å². The van der Waals surface area contributed by atoms with Crippen LogP contribution in [0.3, 0.4) is 0 Å². The summed E-state index contributed by atoms with van der Waals surface area (Å²) >= 11 is 0. The molecule has 0 radical (unpaired) electrons. The number of rotatable bonds is 5. The van der Waals surface area contributed by atoms with Crippen molar-refractivity contribution >= 4 is 10.0 Å². The van der Waals surface area contributed by atoms with Gasteiger partial charge >= 0.3 is 10.0 Å². The molecule has 0 aliphatic heterocycles. The van der Waals surface area contributed by atoms with Crippen molar-refractivity contribution in [3.8, 4) is 0 Å². The molecule has 0 saturated carbocycles. The van der Waals surface area contributed by atoms with E-state index in [1.165, 1.54) is 0 Å². The molecule has 0 N–H and O–H groups in total. The van der Waals surface area contributed by atoms with Gasteiger partial charge < -0.3 is 8.85 Å². The topological polar surface area (TPSA) is 18.5 Å². The van der Waals surface area contributed by atoms with Crippen molar-refractivity contribution in [2.24, 2.45) is 0 Å². The summed E-state index contributed by atoms with van der Waals surface area (Å²) in [4.78, 5) is 0. The molecule has 0 rings (SSSR count). The molecule has 0 atom stereocenters. The Kier molecular flexibility index (Phi) is 6.77. The van der Waals surface area contributed by atoms with Crippen molar-refractivity contribution in [3.63, 3.8) is 0 Å². The van der Waals surface area contributed by atoms with Crippen molar-refractivity contribution in [1.82, 2.24) is 0 Å². The van der Waals surface area contributed by atoms with E-state index in [9.17, 15) is 0 Å². The van der Waals surface area contributed by atoms with Gasteiger partial charge in [-0.3, -0.25) is 0 Å². The molecule has 8 heavy (non-hydrogen) atoms. The molecular weight excluding hydrogens is 120 g/mol. The highest BCUT2D eigenvalue weighted by atomic mass is 28.3. The van der Waals surface area contributed by atoms with Crippen molar-refractivity contribution in [3.05, 3.63) is 12.7 Å². The largest absolute Gasteiger partial charge is 0.399 e. The average Bonchev–Trinajstić information content (AvgIpc) is 1.81. The molecule has 0 amide bonds. The third-order valence-corrected chi connectivity index (χ3v) is 1.58. The Hall–Kier alpha value is -0.123. The van der Waals surface area contributed by atoms with Gasteiger partial charge in [-0.15, -0.1) is 6.58 Å². The van der Waals surface area contributed by atoms with Gasteiger partial charge in [0.15, 0.2) is 0 Å². The second kappa shape index (κ2) is 6.88. The Morgan fingerprint density at radius 1 is 1.62 bits per heavy atom. The van der Waals surface area contributed by atoms with E-state index in [4.69, 9.17) is 8.85 Å². The van der Waals surface area contributed by atoms with Crippen LogP contribution in [0.15, 0.2) is 12.7 Å². The first-order chi connectivity index (χ1) is 3.91. The Morgan fingerprint density at radius 2 is 2.38 bits per heavy atom. The van der Waals surface area contributed by atoms with Crippen molar-refractivity contribution in [1.29, 1.82) is 0 Å². The molecule has 0 heterocycles. The molecule has 0 saturated heterocycles. The number of hydrogen-bond acceptors (Lipinski definition) is 2. The summed E-state index contributed by atoms with van der Waals surface area (Å²) in [6.07, 6.45) is 1.73. The average molecular weight is 132 g/mol. The van der Waals surface area contributed by atoms with Gasteiger partial charge in [-0.05, 0) is 6.92 Å². The predicted molar refractivity (Wildman–Crippen MR) is 36.3 cm³/mol. The van der Waals surface area contributed by atoms with Gasteiger partial charge in [-0.2, -0.15) is 0 Å². The summed E-state index contributed by atoms with van der Waals surface area (Å²) in [7, 11) is -0.671. The van der Waals surface area contributed by atoms with Gasteiger partial charge in [-0.1, -0.05) is 6.08 Å². The van der Waals surface area contributed by atoms with Gasteiger partial charge in [0.1, 0.15) is 0 Å². The minimum Gasteiger partial charge on any atom is -0.399 e. The van der Waals surface area contributed by atoms with E-state index < -0.39 is 10.0 Å². The van der Waals surface area contributed by atoms with E-state index in [1.807, 2.05) is 6.92 Å². The minimum absolute atomic E-state index is 0.631. The standard InChI is InChI=1S/C5H12O2Si/c1-3-5-7-8-6-4-2/h3H,1,4-5,8H2,2H3. The Balaban J connectivity index is 2.62. The molecule has 48 valence electrons. The summed E-state index contributed by atoms with van der Waals surface area (Å²) in [6, 6.07) is 0. The maximum Gasteiger partial charge on any atom is 0.304 e. The van der Waals surface area contributed by atoms with Crippen molar-refractivity contribution in [2.45, 2.75) is 6.92 Å². The number of hydrogen-bond donors (Lipinski definition) is 0. The van der Waals surface area contributed by atoms with E-state index in [-0.39, 0.29) is 0 Å². The van der Waals surface area contributed by atoms with E-state index in [1.54, 1.807) is 6.08 Å². The first-order valence-electron chi connectivity index (χ1n) is 2.68. The molecule has 0 spiro atoms. The van der Waals surface area contributed by atoms with Gasteiger partial charge in [0.25, 0.3) is 0 Å². The minimum atomic E-state index is -0.671. The fourth-order valence-electron chi connectivity index (χ4n) is 0.274. The van der Waals surface area contributed by atoms with E-state index in [0.717, 1.165) is 6.61 Å². The van der Waals surface area contributed by atoms with Crippen LogP contribution in [-0.2, 0) is 8.85 Å². The quantitative estimate of drug-likeness (QED) is 0.303. The summed E-state index contributed by atoms with van der Waals surface area (Å²) in [5.41, 5.74) is 0. The zero-order chi connectivity index (χ0) is 6.24. The van der Waals surface area contributed by atoms with Gasteiger partial charge in [-0.25, -0.2) is 0 Å². The summed E-state index contributed by atoms with van der Waals surface area (Å²) in [5.74, 6) is 0. The van der Waals surface area contributed by atoms with Crippen LogP contribution in [0, 0.1) is 0 Å². The smallest absolute Gasteiger partial charge is 0.304 e. The molecule has 0 aliphatic carbocycles. The Bertz CT molecular complexity index is 56.4. The molecule has 3 heteroatoms. The van der Waals surface area contributed by atoms with Gasteiger partial charge in [0.2, 0.25) is 0 Å². The molecule has 0 fully saturated rings. The fourth-order valence-corrected chi connectivity index (χ4v) is 0.821. The SMILES string of the molecule is C=CCO[SiH2]OCC. The monoisotopic (exact) mass is 132 g/mol. The molecule has 2 nitrogen and oxygen atoms in total. The molecule has 0 aromatic carbocycles. The highest BCUT2D eigenvalue weighted by Gasteiger charge is 1.80. The van der Waals surface area contributed by atoms with Crippen LogP contribution in [-0.4, -0.2) is 23.2 Å². The van der Waals surface area contributed by atoms with Crippen molar-refractivity contribution in [2.75, 3.05) is 13.2 Å². The summed E-state index contributed by atoms with van der Waals surface area (Å²) in [5, 5.41) is 0. The van der Waals surface area contributed by atoms with Crippen LogP contribution in [0.25, 0.3) is 0 Å². The van der Waals surface area contributed by atoms with Crippen LogP contribution in [0.2, 0.25) is 0 Å². The second-order valence-corrected chi connectivity index (χ2v) is 2.32. The molecular formula is C5H12O2Si. The summed E-state index contributed by atoms with van der Waals surface area (Å²) < 4.78 is 10.0. The molecule has 0 unspecified atom stereocenters. The van der Waals surface area contributed by atoms with Crippen LogP contribution >= 0.6 is 0 Å². The maximum atomic E-state index is 5.02. The fraction of sp³-hybridized carbons (Fsp3) is 0.600. The van der Waals surface area contributed by atoms with Gasteiger partial charge in [0, 0.05) is 6.61 Å². The van der Waals surface area contributed by atoms with E-state index in [2.05, 4.69) is 6.58 Å². The first kappa shape index (κ1) is 7.88. The molecule has 0 aliphatic rings. The van der Waals surface area contributed by atoms with E-state index >= 15 is 0 Å². The zero-order valence-electron chi connectivity index (χ0n) is 5.22. The van der Waals surface area contributed by atoms with Crippen LogP contribution in [0.1, 0.15) is 6.92 Å². The van der Waals surface area contributed by atoms with E-state index in [0.29, 0.717) is 6.61 Å². The van der Waals surface area contributed by atoms with Crippen LogP contribution < -0.4 is 0 Å². The highest BCUT2D eigenvalue weighted by molar-refractivity contribution is 6.17. The highest BCUT2D eigenvalue weighted by Crippen LogP contribution is 1.72. The lowest BCUT2D eigenvalue weighted by atomic mass is 10.7. The Morgan fingerprint density at radius 3 is 2.88 bits per heavy atom. The van der Waals surface area contributed by atoms with Crippen LogP contribution in [0.4, 0.5) is 0 Å². The van der Waals surface area contributed by atoms with Gasteiger partial charge in [0.05, 0.1) is 6.61 Å². The summed E-state index contributed by atoms with van der Waals surface area (Å²) in [6.45, 7) is 6.86. The first-order valence-corrected chi connectivity index (χ1v) is 3.83. The lowest BCUT2D eigenvalue weighted by molar-refractivity contribution is 0.250. The lowest BCUT2D eigenvalue weighted by Crippen LogP contribution is -2.03. The molecule has 0 bridgehead atoms. The Labute approximate surface area is 52.6 Å². The normalized spacial score (nSPS) is 10.6. The third kappa shape index (κ3) is 5.88. The zero-order valence-corrected chi connectivity index (χ0v) is 6.64. The molecule has 0 aromatic rings. The third-order valence-electron chi connectivity index (χ3n) is 0.606. The lowest BCUT2D eigenvalue weighted by Gasteiger charge is -1.97. The predicted octanol–water partition coefficient (Wildman–Crippen LogP) is 0.224. The second-order valence-electron chi connectivity index (χ2n) is 1.27. The molecule has 0 aromatic heterocycles.